The van der Waals surface area contributed by atoms with Gasteiger partial charge in [-0.05, 0) is 50.6 Å². The van der Waals surface area contributed by atoms with E-state index in [2.05, 4.69) is 48.5 Å². The van der Waals surface area contributed by atoms with Gasteiger partial charge >= 0.3 is 0 Å². The summed E-state index contributed by atoms with van der Waals surface area (Å²) in [7, 11) is 2.29. The molecule has 116 valence electrons. The molecule has 0 atom stereocenters. The molecule has 3 rings (SSSR count). The van der Waals surface area contributed by atoms with Crippen LogP contribution in [0.5, 0.6) is 0 Å². The first-order valence-electron chi connectivity index (χ1n) is 8.63. The van der Waals surface area contributed by atoms with E-state index in [1.165, 1.54) is 62.7 Å². The zero-order chi connectivity index (χ0) is 14.7. The lowest BCUT2D eigenvalue weighted by Gasteiger charge is -2.34. The Balaban J connectivity index is 1.56. The number of benzene rings is 1. The van der Waals surface area contributed by atoms with E-state index in [1.54, 1.807) is 0 Å². The van der Waals surface area contributed by atoms with Gasteiger partial charge in [0.25, 0.3) is 0 Å². The number of nitrogens with one attached hydrogen (secondary N) is 1. The molecule has 2 fully saturated rings. The first kappa shape index (κ1) is 15.1. The standard InChI is InChI=1S/C19H30N2/c1-16-6-5-7-17(12-16)13-21(2)15-19(10-3-4-11-19)14-20-18-8-9-18/h5-7,12,18,20H,3-4,8-11,13-15H2,1-2H3. The highest BCUT2D eigenvalue weighted by atomic mass is 15.1. The molecule has 0 aliphatic heterocycles. The zero-order valence-corrected chi connectivity index (χ0v) is 13.7. The fourth-order valence-electron chi connectivity index (χ4n) is 3.91. The van der Waals surface area contributed by atoms with Crippen LogP contribution in [0.15, 0.2) is 24.3 Å². The molecule has 1 aromatic carbocycles. The molecule has 0 saturated heterocycles. The molecule has 2 saturated carbocycles. The Labute approximate surface area is 129 Å². The molecule has 1 N–H and O–H groups in total. The summed E-state index contributed by atoms with van der Waals surface area (Å²) in [6.45, 7) is 5.73. The molecule has 2 nitrogen and oxygen atoms in total. The van der Waals surface area contributed by atoms with Crippen molar-refractivity contribution in [3.63, 3.8) is 0 Å². The Hall–Kier alpha value is -0.860. The number of rotatable bonds is 7. The Morgan fingerprint density at radius 1 is 1.24 bits per heavy atom. The second-order valence-electron chi connectivity index (χ2n) is 7.52. The van der Waals surface area contributed by atoms with Crippen LogP contribution in [0.2, 0.25) is 0 Å². The van der Waals surface area contributed by atoms with Crippen LogP contribution in [0.25, 0.3) is 0 Å². The van der Waals surface area contributed by atoms with Crippen LogP contribution in [0.1, 0.15) is 49.7 Å². The van der Waals surface area contributed by atoms with Crippen LogP contribution >= 0.6 is 0 Å². The van der Waals surface area contributed by atoms with Crippen molar-refractivity contribution in [1.29, 1.82) is 0 Å². The third-order valence-corrected chi connectivity index (χ3v) is 5.15. The van der Waals surface area contributed by atoms with Gasteiger partial charge in [-0.25, -0.2) is 0 Å². The highest BCUT2D eigenvalue weighted by Gasteiger charge is 2.36. The lowest BCUT2D eigenvalue weighted by atomic mass is 9.85. The molecule has 0 radical (unpaired) electrons. The highest BCUT2D eigenvalue weighted by Crippen LogP contribution is 2.39. The van der Waals surface area contributed by atoms with E-state index in [0.717, 1.165) is 12.6 Å². The minimum atomic E-state index is 0.529. The average molecular weight is 286 g/mol. The predicted molar refractivity (Wildman–Crippen MR) is 89.4 cm³/mol. The van der Waals surface area contributed by atoms with Gasteiger partial charge in [0.15, 0.2) is 0 Å². The van der Waals surface area contributed by atoms with Gasteiger partial charge in [-0.2, -0.15) is 0 Å². The molecule has 0 heterocycles. The number of hydrogen-bond acceptors (Lipinski definition) is 2. The second kappa shape index (κ2) is 6.50. The van der Waals surface area contributed by atoms with Crippen LogP contribution in [-0.2, 0) is 6.54 Å². The molecule has 0 unspecified atom stereocenters. The highest BCUT2D eigenvalue weighted by molar-refractivity contribution is 5.22. The summed E-state index contributed by atoms with van der Waals surface area (Å²) >= 11 is 0. The lowest BCUT2D eigenvalue weighted by molar-refractivity contribution is 0.167. The molecular weight excluding hydrogens is 256 g/mol. The molecular formula is C19H30N2. The maximum atomic E-state index is 3.79. The summed E-state index contributed by atoms with van der Waals surface area (Å²) in [6.07, 6.45) is 8.45. The quantitative estimate of drug-likeness (QED) is 0.821. The third kappa shape index (κ3) is 4.31. The number of nitrogens with zero attached hydrogens (tertiary/aromatic N) is 1. The monoisotopic (exact) mass is 286 g/mol. The third-order valence-electron chi connectivity index (χ3n) is 5.15. The molecule has 21 heavy (non-hydrogen) atoms. The smallest absolute Gasteiger partial charge is 0.0231 e. The van der Waals surface area contributed by atoms with Crippen molar-refractivity contribution >= 4 is 0 Å². The summed E-state index contributed by atoms with van der Waals surface area (Å²) in [4.78, 5) is 2.54. The van der Waals surface area contributed by atoms with Crippen LogP contribution in [0, 0.1) is 12.3 Å². The van der Waals surface area contributed by atoms with Gasteiger partial charge < -0.3 is 10.2 Å². The van der Waals surface area contributed by atoms with Crippen molar-refractivity contribution in [2.45, 2.75) is 58.0 Å². The summed E-state index contributed by atoms with van der Waals surface area (Å²) in [5.41, 5.74) is 3.34. The van der Waals surface area contributed by atoms with E-state index in [1.807, 2.05) is 0 Å². The van der Waals surface area contributed by atoms with Crippen LogP contribution in [-0.4, -0.2) is 31.1 Å². The summed E-state index contributed by atoms with van der Waals surface area (Å²) in [6, 6.07) is 9.78. The van der Waals surface area contributed by atoms with Crippen LogP contribution in [0.4, 0.5) is 0 Å². The Morgan fingerprint density at radius 3 is 2.67 bits per heavy atom. The SMILES string of the molecule is Cc1cccc(CN(C)CC2(CNC3CC3)CCCC2)c1. The Kier molecular flexibility index (Phi) is 4.66. The maximum absolute atomic E-state index is 3.79. The van der Waals surface area contributed by atoms with Crippen LogP contribution in [0.3, 0.4) is 0 Å². The summed E-state index contributed by atoms with van der Waals surface area (Å²) < 4.78 is 0. The fraction of sp³-hybridized carbons (Fsp3) is 0.684. The van der Waals surface area contributed by atoms with Gasteiger partial charge in [0, 0.05) is 25.7 Å². The molecule has 0 aromatic heterocycles. The van der Waals surface area contributed by atoms with Gasteiger partial charge in [-0.15, -0.1) is 0 Å². The van der Waals surface area contributed by atoms with E-state index in [0.29, 0.717) is 5.41 Å². The van der Waals surface area contributed by atoms with Crippen molar-refractivity contribution < 1.29 is 0 Å². The predicted octanol–water partition coefficient (Wildman–Crippen LogP) is 3.74. The van der Waals surface area contributed by atoms with E-state index in [-0.39, 0.29) is 0 Å². The molecule has 1 aromatic rings. The zero-order valence-electron chi connectivity index (χ0n) is 13.7. The lowest BCUT2D eigenvalue weighted by Crippen LogP contribution is -2.41. The summed E-state index contributed by atoms with van der Waals surface area (Å²) in [5.74, 6) is 0. The van der Waals surface area contributed by atoms with E-state index < -0.39 is 0 Å². The number of hydrogen-bond donors (Lipinski definition) is 1. The minimum absolute atomic E-state index is 0.529. The maximum Gasteiger partial charge on any atom is 0.0231 e. The summed E-state index contributed by atoms with van der Waals surface area (Å²) in [5, 5.41) is 3.79. The molecule has 2 aliphatic rings. The van der Waals surface area contributed by atoms with Gasteiger partial charge in [0.05, 0.1) is 0 Å². The molecule has 2 heteroatoms. The largest absolute Gasteiger partial charge is 0.313 e. The first-order chi connectivity index (χ1) is 10.2. The first-order valence-corrected chi connectivity index (χ1v) is 8.63. The van der Waals surface area contributed by atoms with Crippen molar-refractivity contribution in [2.24, 2.45) is 5.41 Å². The average Bonchev–Trinajstić information content (AvgIpc) is 3.17. The van der Waals surface area contributed by atoms with Crippen molar-refractivity contribution in [3.05, 3.63) is 35.4 Å². The van der Waals surface area contributed by atoms with Gasteiger partial charge in [0.2, 0.25) is 0 Å². The van der Waals surface area contributed by atoms with Crippen LogP contribution < -0.4 is 5.32 Å². The molecule has 0 amide bonds. The fourth-order valence-corrected chi connectivity index (χ4v) is 3.91. The molecule has 0 bridgehead atoms. The normalized spacial score (nSPS) is 21.1. The van der Waals surface area contributed by atoms with E-state index in [9.17, 15) is 0 Å². The topological polar surface area (TPSA) is 15.3 Å². The molecule has 0 spiro atoms. The van der Waals surface area contributed by atoms with Crippen molar-refractivity contribution in [2.75, 3.05) is 20.1 Å². The van der Waals surface area contributed by atoms with Gasteiger partial charge in [-0.1, -0.05) is 42.7 Å². The van der Waals surface area contributed by atoms with Crippen molar-refractivity contribution in [3.8, 4) is 0 Å². The Bertz CT molecular complexity index is 458. The van der Waals surface area contributed by atoms with Crippen molar-refractivity contribution in [1.82, 2.24) is 10.2 Å². The number of aryl methyl sites for hydroxylation is 1. The van der Waals surface area contributed by atoms with E-state index in [4.69, 9.17) is 0 Å². The van der Waals surface area contributed by atoms with Gasteiger partial charge in [0.1, 0.15) is 0 Å². The minimum Gasteiger partial charge on any atom is -0.313 e. The van der Waals surface area contributed by atoms with E-state index >= 15 is 0 Å². The Morgan fingerprint density at radius 2 is 2.00 bits per heavy atom. The molecule has 2 aliphatic carbocycles. The second-order valence-corrected chi connectivity index (χ2v) is 7.52. The van der Waals surface area contributed by atoms with Gasteiger partial charge in [-0.3, -0.25) is 0 Å².